The third-order valence-electron chi connectivity index (χ3n) is 5.24. The maximum Gasteiger partial charge on any atom is 0.260 e. The molecule has 2 fully saturated rings. The van der Waals surface area contributed by atoms with Crippen LogP contribution in [0, 0.1) is 0 Å². The highest BCUT2D eigenvalue weighted by atomic mass is 35.5. The molecule has 1 saturated heterocycles. The molecule has 0 spiro atoms. The van der Waals surface area contributed by atoms with Crippen molar-refractivity contribution in [3.8, 4) is 5.75 Å². The maximum absolute atomic E-state index is 12.4. The number of benzene rings is 1. The third-order valence-corrected chi connectivity index (χ3v) is 5.48. The van der Waals surface area contributed by atoms with Gasteiger partial charge in [-0.2, -0.15) is 5.10 Å². The monoisotopic (exact) mass is 388 g/mol. The minimum atomic E-state index is -0.561. The summed E-state index contributed by atoms with van der Waals surface area (Å²) in [5.41, 5.74) is 1.26. The van der Waals surface area contributed by atoms with E-state index in [4.69, 9.17) is 16.3 Å². The van der Waals surface area contributed by atoms with E-state index in [-0.39, 0.29) is 11.9 Å². The van der Waals surface area contributed by atoms with E-state index in [1.165, 1.54) is 18.5 Å². The molecular weight excluding hydrogens is 364 g/mol. The first kappa shape index (κ1) is 18.2. The molecule has 144 valence electrons. The first-order valence-electron chi connectivity index (χ1n) is 9.61. The lowest BCUT2D eigenvalue weighted by atomic mass is 10.0. The van der Waals surface area contributed by atoms with Crippen molar-refractivity contribution in [1.82, 2.24) is 15.5 Å². The SMILES string of the molecule is C[C@H](Oc1cccc(Cl)c1)C(=O)NC1CCN(c2cc(C3CC3)[nH]n2)CC1. The second-order valence-corrected chi connectivity index (χ2v) is 7.88. The van der Waals surface area contributed by atoms with E-state index in [2.05, 4.69) is 26.5 Å². The number of aromatic amines is 1. The van der Waals surface area contributed by atoms with Crippen molar-refractivity contribution in [1.29, 1.82) is 0 Å². The molecule has 4 rings (SSSR count). The van der Waals surface area contributed by atoms with Gasteiger partial charge >= 0.3 is 0 Å². The van der Waals surface area contributed by atoms with Gasteiger partial charge in [-0.15, -0.1) is 0 Å². The molecule has 2 N–H and O–H groups in total. The highest BCUT2D eigenvalue weighted by Gasteiger charge is 2.28. The number of rotatable bonds is 6. The Bertz CT molecular complexity index is 797. The summed E-state index contributed by atoms with van der Waals surface area (Å²) in [6.07, 6.45) is 3.78. The van der Waals surface area contributed by atoms with Crippen LogP contribution in [0.5, 0.6) is 5.75 Å². The molecule has 1 aromatic carbocycles. The predicted molar refractivity (Wildman–Crippen MR) is 105 cm³/mol. The zero-order chi connectivity index (χ0) is 18.8. The summed E-state index contributed by atoms with van der Waals surface area (Å²) in [7, 11) is 0. The smallest absolute Gasteiger partial charge is 0.260 e. The van der Waals surface area contributed by atoms with Gasteiger partial charge in [-0.05, 0) is 50.8 Å². The number of nitrogens with one attached hydrogen (secondary N) is 2. The number of aromatic nitrogens is 2. The molecule has 1 aromatic heterocycles. The zero-order valence-corrected chi connectivity index (χ0v) is 16.2. The fraction of sp³-hybridized carbons (Fsp3) is 0.500. The second kappa shape index (κ2) is 7.80. The number of carbonyl (C=O) groups is 1. The molecule has 2 aromatic rings. The van der Waals surface area contributed by atoms with Crippen molar-refractivity contribution in [2.45, 2.75) is 50.7 Å². The number of carbonyl (C=O) groups excluding carboxylic acids is 1. The summed E-state index contributed by atoms with van der Waals surface area (Å²) in [6, 6.07) is 9.44. The highest BCUT2D eigenvalue weighted by Crippen LogP contribution is 2.40. The van der Waals surface area contributed by atoms with Crippen LogP contribution in [0.1, 0.15) is 44.2 Å². The van der Waals surface area contributed by atoms with Gasteiger partial charge in [-0.1, -0.05) is 17.7 Å². The molecule has 1 aliphatic heterocycles. The number of hydrogen-bond donors (Lipinski definition) is 2. The topological polar surface area (TPSA) is 70.2 Å². The number of ether oxygens (including phenoxy) is 1. The third kappa shape index (κ3) is 4.56. The largest absolute Gasteiger partial charge is 0.481 e. The van der Waals surface area contributed by atoms with Gasteiger partial charge in [0.15, 0.2) is 11.9 Å². The molecule has 0 unspecified atom stereocenters. The zero-order valence-electron chi connectivity index (χ0n) is 15.5. The summed E-state index contributed by atoms with van der Waals surface area (Å²) >= 11 is 5.96. The Balaban J connectivity index is 1.24. The standard InChI is InChI=1S/C20H25ClN4O2/c1-13(27-17-4-2-3-15(21)11-17)20(26)22-16-7-9-25(10-8-16)19-12-18(23-24-19)14-5-6-14/h2-4,11-14,16H,5-10H2,1H3,(H,22,26)(H,23,24)/t13-/m0/s1. The number of piperidine rings is 1. The van der Waals surface area contributed by atoms with Crippen LogP contribution in [0.3, 0.4) is 0 Å². The van der Waals surface area contributed by atoms with Gasteiger partial charge in [0, 0.05) is 41.8 Å². The molecule has 27 heavy (non-hydrogen) atoms. The fourth-order valence-corrected chi connectivity index (χ4v) is 3.64. The van der Waals surface area contributed by atoms with Gasteiger partial charge in [0.1, 0.15) is 5.75 Å². The van der Waals surface area contributed by atoms with E-state index in [0.717, 1.165) is 31.7 Å². The average Bonchev–Trinajstić information content (AvgIpc) is 3.39. The van der Waals surface area contributed by atoms with Gasteiger partial charge < -0.3 is 15.0 Å². The number of H-pyrrole nitrogens is 1. The van der Waals surface area contributed by atoms with Crippen LogP contribution in [0.4, 0.5) is 5.82 Å². The van der Waals surface area contributed by atoms with Crippen molar-refractivity contribution >= 4 is 23.3 Å². The van der Waals surface area contributed by atoms with E-state index < -0.39 is 6.10 Å². The van der Waals surface area contributed by atoms with Crippen LogP contribution in [0.15, 0.2) is 30.3 Å². The first-order chi connectivity index (χ1) is 13.1. The molecule has 1 saturated carbocycles. The molecule has 1 atom stereocenters. The van der Waals surface area contributed by atoms with Gasteiger partial charge in [-0.25, -0.2) is 0 Å². The van der Waals surface area contributed by atoms with E-state index in [1.54, 1.807) is 25.1 Å². The molecule has 2 heterocycles. The molecule has 1 amide bonds. The first-order valence-corrected chi connectivity index (χ1v) is 9.99. The molecule has 0 radical (unpaired) electrons. The van der Waals surface area contributed by atoms with Crippen LogP contribution in [0.25, 0.3) is 0 Å². The van der Waals surface area contributed by atoms with E-state index in [0.29, 0.717) is 16.7 Å². The van der Waals surface area contributed by atoms with Crippen molar-refractivity contribution in [2.24, 2.45) is 0 Å². The quantitative estimate of drug-likeness (QED) is 0.794. The average molecular weight is 389 g/mol. The highest BCUT2D eigenvalue weighted by molar-refractivity contribution is 6.30. The number of nitrogens with zero attached hydrogens (tertiary/aromatic N) is 2. The van der Waals surface area contributed by atoms with Crippen LogP contribution >= 0.6 is 11.6 Å². The van der Waals surface area contributed by atoms with E-state index in [1.807, 2.05) is 6.07 Å². The Morgan fingerprint density at radius 1 is 1.30 bits per heavy atom. The molecule has 6 nitrogen and oxygen atoms in total. The lowest BCUT2D eigenvalue weighted by Crippen LogP contribution is -2.48. The van der Waals surface area contributed by atoms with Gasteiger partial charge in [0.05, 0.1) is 0 Å². The van der Waals surface area contributed by atoms with Crippen LogP contribution < -0.4 is 15.0 Å². The molecular formula is C20H25ClN4O2. The van der Waals surface area contributed by atoms with Gasteiger partial charge in [0.2, 0.25) is 0 Å². The molecule has 1 aliphatic carbocycles. The Kier molecular flexibility index (Phi) is 5.25. The summed E-state index contributed by atoms with van der Waals surface area (Å²) < 4.78 is 5.70. The van der Waals surface area contributed by atoms with Crippen molar-refractivity contribution in [2.75, 3.05) is 18.0 Å². The van der Waals surface area contributed by atoms with Crippen molar-refractivity contribution in [3.63, 3.8) is 0 Å². The summed E-state index contributed by atoms with van der Waals surface area (Å²) in [6.45, 7) is 3.54. The minimum absolute atomic E-state index is 0.0933. The Morgan fingerprint density at radius 3 is 2.78 bits per heavy atom. The van der Waals surface area contributed by atoms with Crippen molar-refractivity contribution in [3.05, 3.63) is 41.0 Å². The van der Waals surface area contributed by atoms with E-state index in [9.17, 15) is 4.79 Å². The Hall–Kier alpha value is -2.21. The molecule has 7 heteroatoms. The van der Waals surface area contributed by atoms with Gasteiger partial charge in [0.25, 0.3) is 5.91 Å². The summed E-state index contributed by atoms with van der Waals surface area (Å²) in [5, 5.41) is 11.3. The van der Waals surface area contributed by atoms with E-state index >= 15 is 0 Å². The molecule has 2 aliphatic rings. The lowest BCUT2D eigenvalue weighted by Gasteiger charge is -2.32. The second-order valence-electron chi connectivity index (χ2n) is 7.44. The Labute approximate surface area is 164 Å². The molecule has 0 bridgehead atoms. The minimum Gasteiger partial charge on any atom is -0.481 e. The van der Waals surface area contributed by atoms with Crippen LogP contribution in [-0.2, 0) is 4.79 Å². The Morgan fingerprint density at radius 2 is 2.07 bits per heavy atom. The maximum atomic E-state index is 12.4. The number of anilines is 1. The normalized spacial score (nSPS) is 19.0. The number of amides is 1. The van der Waals surface area contributed by atoms with Gasteiger partial charge in [-0.3, -0.25) is 9.89 Å². The lowest BCUT2D eigenvalue weighted by molar-refractivity contribution is -0.128. The number of halogens is 1. The van der Waals surface area contributed by atoms with Crippen LogP contribution in [0.2, 0.25) is 5.02 Å². The summed E-state index contributed by atoms with van der Waals surface area (Å²) in [5.74, 6) is 2.22. The predicted octanol–water partition coefficient (Wildman–Crippen LogP) is 3.49. The summed E-state index contributed by atoms with van der Waals surface area (Å²) in [4.78, 5) is 14.7. The van der Waals surface area contributed by atoms with Crippen molar-refractivity contribution < 1.29 is 9.53 Å². The van der Waals surface area contributed by atoms with Crippen LogP contribution in [-0.4, -0.2) is 41.3 Å². The number of hydrogen-bond acceptors (Lipinski definition) is 4. The fourth-order valence-electron chi connectivity index (χ4n) is 3.46.